The Morgan fingerprint density at radius 1 is 0.797 bits per heavy atom. The largest absolute Gasteiger partial charge is 0.497 e. The van der Waals surface area contributed by atoms with Crippen LogP contribution >= 0.6 is 0 Å². The van der Waals surface area contributed by atoms with E-state index in [0.29, 0.717) is 23.7 Å². The van der Waals surface area contributed by atoms with Gasteiger partial charge in [0.05, 0.1) is 52.0 Å². The molecule has 314 valence electrons. The van der Waals surface area contributed by atoms with E-state index >= 15 is 0 Å². The van der Waals surface area contributed by atoms with E-state index in [0.717, 1.165) is 29.3 Å². The van der Waals surface area contributed by atoms with Crippen LogP contribution in [-0.4, -0.2) is 111 Å². The molecular formula is C45H52F2N4O8. The van der Waals surface area contributed by atoms with Crippen molar-refractivity contribution in [1.82, 2.24) is 20.0 Å². The summed E-state index contributed by atoms with van der Waals surface area (Å²) in [4.78, 5) is 60.8. The standard InChI is InChI=1S/C45H52F2N4O8/c1-31(30-56-3)50-28-42(52)48-40(26-33-24-36(46)27-37(47)25-33)45(55)49(20-18-35-10-8-9-13-41(35)59-39-11-6-5-7-12-39)21-23-58-22-19-43(53)51(29-44(50)54)32(2)34-14-16-38(57-4)17-15-34/h5-17,24-25,27,31-32,40H,18-23,26,28-30H2,1-4H3,(H,48,52)/t31-,32-,40+/m0/s1. The number of carbonyl (C=O) groups excluding carboxylic acids is 4. The van der Waals surface area contributed by atoms with Crippen molar-refractivity contribution in [3.8, 4) is 17.2 Å². The maximum atomic E-state index is 14.6. The monoisotopic (exact) mass is 814 g/mol. The molecule has 4 aromatic carbocycles. The van der Waals surface area contributed by atoms with Crippen LogP contribution in [0.3, 0.4) is 0 Å². The first kappa shape index (κ1) is 44.2. The van der Waals surface area contributed by atoms with E-state index in [4.69, 9.17) is 18.9 Å². The van der Waals surface area contributed by atoms with Crippen LogP contribution in [0, 0.1) is 11.6 Å². The zero-order valence-electron chi connectivity index (χ0n) is 33.9. The van der Waals surface area contributed by atoms with Crippen molar-refractivity contribution in [2.24, 2.45) is 0 Å². The summed E-state index contributed by atoms with van der Waals surface area (Å²) in [7, 11) is 3.02. The first-order chi connectivity index (χ1) is 28.4. The molecule has 3 atom stereocenters. The van der Waals surface area contributed by atoms with Gasteiger partial charge in [0.25, 0.3) is 0 Å². The molecule has 0 spiro atoms. The fraction of sp³-hybridized carbons (Fsp3) is 0.378. The minimum absolute atomic E-state index is 0.00115. The minimum Gasteiger partial charge on any atom is -0.497 e. The van der Waals surface area contributed by atoms with E-state index in [1.165, 1.54) is 21.8 Å². The predicted molar refractivity (Wildman–Crippen MR) is 217 cm³/mol. The number of carbonyl (C=O) groups is 4. The Morgan fingerprint density at radius 3 is 2.19 bits per heavy atom. The third-order valence-corrected chi connectivity index (χ3v) is 10.1. The van der Waals surface area contributed by atoms with E-state index < -0.39 is 54.0 Å². The molecule has 0 unspecified atom stereocenters. The summed E-state index contributed by atoms with van der Waals surface area (Å²) in [6, 6.07) is 24.4. The normalized spacial score (nSPS) is 17.4. The van der Waals surface area contributed by atoms with Crippen molar-refractivity contribution in [2.45, 2.75) is 51.2 Å². The van der Waals surface area contributed by atoms with Crippen LogP contribution in [0.15, 0.2) is 97.1 Å². The van der Waals surface area contributed by atoms with Gasteiger partial charge in [0.2, 0.25) is 23.6 Å². The van der Waals surface area contributed by atoms with Crippen LogP contribution in [0.25, 0.3) is 0 Å². The van der Waals surface area contributed by atoms with E-state index in [2.05, 4.69) is 5.32 Å². The molecule has 59 heavy (non-hydrogen) atoms. The molecule has 0 bridgehead atoms. The molecule has 1 N–H and O–H groups in total. The molecule has 4 aromatic rings. The number of benzene rings is 4. The smallest absolute Gasteiger partial charge is 0.245 e. The van der Waals surface area contributed by atoms with Crippen molar-refractivity contribution in [1.29, 1.82) is 0 Å². The third-order valence-electron chi connectivity index (χ3n) is 10.1. The van der Waals surface area contributed by atoms with E-state index in [9.17, 15) is 28.0 Å². The highest BCUT2D eigenvalue weighted by molar-refractivity contribution is 5.92. The van der Waals surface area contributed by atoms with Crippen molar-refractivity contribution in [3.05, 3.63) is 125 Å². The molecule has 5 rings (SSSR count). The van der Waals surface area contributed by atoms with Gasteiger partial charge in [-0.25, -0.2) is 8.78 Å². The van der Waals surface area contributed by atoms with E-state index in [1.807, 2.05) is 73.7 Å². The molecule has 0 aliphatic carbocycles. The number of rotatable bonds is 13. The second-order valence-corrected chi connectivity index (χ2v) is 14.4. The fourth-order valence-corrected chi connectivity index (χ4v) is 6.93. The van der Waals surface area contributed by atoms with E-state index in [1.54, 1.807) is 26.2 Å². The molecule has 0 aromatic heterocycles. The quantitative estimate of drug-likeness (QED) is 0.181. The van der Waals surface area contributed by atoms with Crippen molar-refractivity contribution < 1.29 is 46.9 Å². The fourth-order valence-electron chi connectivity index (χ4n) is 6.93. The van der Waals surface area contributed by atoms with Gasteiger partial charge in [-0.15, -0.1) is 0 Å². The van der Waals surface area contributed by atoms with Gasteiger partial charge in [-0.05, 0) is 79.4 Å². The van der Waals surface area contributed by atoms with Crippen LogP contribution in [-0.2, 0) is 41.5 Å². The molecular weight excluding hydrogens is 763 g/mol. The molecule has 0 radical (unpaired) electrons. The van der Waals surface area contributed by atoms with Crippen LogP contribution < -0.4 is 14.8 Å². The zero-order valence-corrected chi connectivity index (χ0v) is 33.9. The molecule has 1 aliphatic rings. The molecule has 14 heteroatoms. The highest BCUT2D eigenvalue weighted by Crippen LogP contribution is 2.27. The molecule has 1 aliphatic heterocycles. The van der Waals surface area contributed by atoms with Gasteiger partial charge in [0.15, 0.2) is 0 Å². The number of nitrogens with one attached hydrogen (secondary N) is 1. The summed E-state index contributed by atoms with van der Waals surface area (Å²) in [5.74, 6) is -1.89. The first-order valence-corrected chi connectivity index (χ1v) is 19.6. The Hall–Kier alpha value is -5.86. The minimum atomic E-state index is -1.28. The molecule has 12 nitrogen and oxygen atoms in total. The second kappa shape index (κ2) is 21.8. The lowest BCUT2D eigenvalue weighted by Crippen LogP contribution is -2.55. The van der Waals surface area contributed by atoms with Gasteiger partial charge in [-0.2, -0.15) is 0 Å². The number of ether oxygens (including phenoxy) is 4. The Bertz CT molecular complexity index is 2000. The average molecular weight is 815 g/mol. The second-order valence-electron chi connectivity index (χ2n) is 14.4. The lowest BCUT2D eigenvalue weighted by molar-refractivity contribution is -0.147. The van der Waals surface area contributed by atoms with Crippen LogP contribution in [0.1, 0.15) is 43.0 Å². The summed E-state index contributed by atoms with van der Waals surface area (Å²) in [5, 5.41) is 2.77. The molecule has 1 saturated heterocycles. The maximum absolute atomic E-state index is 14.6. The molecule has 0 saturated carbocycles. The predicted octanol–water partition coefficient (Wildman–Crippen LogP) is 5.74. The SMILES string of the molecule is COC[C@H](C)N1CC(=O)N[C@H](Cc2cc(F)cc(F)c2)C(=O)N(CCc2ccccc2Oc2ccccc2)CCOCCC(=O)N([C@@H](C)c2ccc(OC)cc2)CC1=O. The summed E-state index contributed by atoms with van der Waals surface area (Å²) < 4.78 is 51.6. The summed E-state index contributed by atoms with van der Waals surface area (Å²) >= 11 is 0. The average Bonchev–Trinajstić information content (AvgIpc) is 3.22. The number of amides is 4. The number of hydrogen-bond acceptors (Lipinski definition) is 8. The number of halogens is 2. The van der Waals surface area contributed by atoms with Crippen molar-refractivity contribution >= 4 is 23.6 Å². The van der Waals surface area contributed by atoms with Gasteiger partial charge >= 0.3 is 0 Å². The molecule has 1 heterocycles. The van der Waals surface area contributed by atoms with Crippen LogP contribution in [0.2, 0.25) is 0 Å². The van der Waals surface area contributed by atoms with Crippen LogP contribution in [0.5, 0.6) is 17.2 Å². The first-order valence-electron chi connectivity index (χ1n) is 19.6. The van der Waals surface area contributed by atoms with Gasteiger partial charge in [-0.1, -0.05) is 48.5 Å². The van der Waals surface area contributed by atoms with Gasteiger partial charge < -0.3 is 39.0 Å². The number of hydrogen-bond donors (Lipinski definition) is 1. The Kier molecular flexibility index (Phi) is 16.3. The third kappa shape index (κ3) is 12.8. The summed E-state index contributed by atoms with van der Waals surface area (Å²) in [5.41, 5.74) is 1.72. The Morgan fingerprint density at radius 2 is 1.49 bits per heavy atom. The van der Waals surface area contributed by atoms with Crippen molar-refractivity contribution in [3.63, 3.8) is 0 Å². The zero-order chi connectivity index (χ0) is 42.3. The summed E-state index contributed by atoms with van der Waals surface area (Å²) in [6.07, 6.45) is 0.0405. The Labute approximate surface area is 344 Å². The van der Waals surface area contributed by atoms with Crippen LogP contribution in [0.4, 0.5) is 8.78 Å². The lowest BCUT2D eigenvalue weighted by Gasteiger charge is -2.35. The Balaban J connectivity index is 1.46. The number of methoxy groups -OCH3 is 2. The topological polar surface area (TPSA) is 127 Å². The number of nitrogens with zero attached hydrogens (tertiary/aromatic N) is 3. The maximum Gasteiger partial charge on any atom is 0.245 e. The highest BCUT2D eigenvalue weighted by atomic mass is 19.1. The number of para-hydroxylation sites is 2. The lowest BCUT2D eigenvalue weighted by atomic mass is 10.0. The molecule has 4 amide bonds. The van der Waals surface area contributed by atoms with Gasteiger partial charge in [0, 0.05) is 32.7 Å². The van der Waals surface area contributed by atoms with Gasteiger partial charge in [0.1, 0.15) is 41.5 Å². The summed E-state index contributed by atoms with van der Waals surface area (Å²) in [6.45, 7) is 3.00. The van der Waals surface area contributed by atoms with Crippen molar-refractivity contribution in [2.75, 3.05) is 60.2 Å². The highest BCUT2D eigenvalue weighted by Gasteiger charge is 2.32. The van der Waals surface area contributed by atoms with E-state index in [-0.39, 0.29) is 63.8 Å². The molecule has 1 fully saturated rings. The van der Waals surface area contributed by atoms with Gasteiger partial charge in [-0.3, -0.25) is 19.2 Å².